The van der Waals surface area contributed by atoms with Crippen LogP contribution in [-0.4, -0.2) is 50.3 Å². The lowest BCUT2D eigenvalue weighted by atomic mass is 10.5. The van der Waals surface area contributed by atoms with Crippen LogP contribution in [0.15, 0.2) is 12.2 Å². The smallest absolute Gasteiger partial charge is 0.328 e. The highest BCUT2D eigenvalue weighted by Gasteiger charge is 2.10. The Kier molecular flexibility index (Phi) is 7.37. The van der Waals surface area contributed by atoms with Gasteiger partial charge in [0.15, 0.2) is 0 Å². The van der Waals surface area contributed by atoms with Gasteiger partial charge in [0.25, 0.3) is 5.91 Å². The number of urea groups is 1. The predicted molar refractivity (Wildman–Crippen MR) is 65.8 cm³/mol. The van der Waals surface area contributed by atoms with Crippen LogP contribution in [0.4, 0.5) is 4.79 Å². The Balaban J connectivity index is 4.01. The number of amides is 3. The third kappa shape index (κ3) is 9.73. The fourth-order valence-electron chi connectivity index (χ4n) is 0.936. The second-order valence-electron chi connectivity index (χ2n) is 3.23. The minimum Gasteiger partial charge on any atom is -0.478 e. The summed E-state index contributed by atoms with van der Waals surface area (Å²) in [4.78, 5) is 32.2. The highest BCUT2D eigenvalue weighted by Crippen LogP contribution is 1.82. The van der Waals surface area contributed by atoms with Gasteiger partial charge >= 0.3 is 12.0 Å². The Labute approximate surface area is 110 Å². The number of carboxylic acid groups (broad SMARTS) is 1. The van der Waals surface area contributed by atoms with Crippen LogP contribution in [0.25, 0.3) is 0 Å². The maximum Gasteiger partial charge on any atom is 0.328 e. The van der Waals surface area contributed by atoms with Crippen molar-refractivity contribution in [2.75, 3.05) is 18.8 Å². The van der Waals surface area contributed by atoms with Crippen LogP contribution in [0.3, 0.4) is 0 Å². The first kappa shape index (κ1) is 17.1. The molecule has 0 bridgehead atoms. The van der Waals surface area contributed by atoms with Crippen LogP contribution in [0.2, 0.25) is 0 Å². The second kappa shape index (κ2) is 8.21. The molecular formula is C9H15N3O6S. The van der Waals surface area contributed by atoms with Gasteiger partial charge in [-0.05, 0) is 0 Å². The molecule has 0 unspecified atom stereocenters. The molecule has 3 amide bonds. The van der Waals surface area contributed by atoms with E-state index in [1.807, 2.05) is 0 Å². The fourth-order valence-corrected chi connectivity index (χ4v) is 1.89. The van der Waals surface area contributed by atoms with Gasteiger partial charge in [-0.2, -0.15) is 0 Å². The normalized spacial score (nSPS) is 11.2. The maximum atomic E-state index is 11.2. The van der Waals surface area contributed by atoms with Crippen LogP contribution >= 0.6 is 0 Å². The molecule has 0 heterocycles. The first-order chi connectivity index (χ1) is 8.76. The summed E-state index contributed by atoms with van der Waals surface area (Å²) >= 11 is 0. The summed E-state index contributed by atoms with van der Waals surface area (Å²) in [6, 6.07) is -0.910. The molecule has 10 heteroatoms. The van der Waals surface area contributed by atoms with Gasteiger partial charge < -0.3 is 10.4 Å². The number of aliphatic carboxylic acids is 1. The predicted octanol–water partition coefficient (Wildman–Crippen LogP) is -1.61. The quantitative estimate of drug-likeness (QED) is 0.416. The first-order valence-electron chi connectivity index (χ1n) is 5.24. The highest BCUT2D eigenvalue weighted by atomic mass is 32.2. The van der Waals surface area contributed by atoms with E-state index in [0.29, 0.717) is 12.2 Å². The van der Waals surface area contributed by atoms with E-state index in [-0.39, 0.29) is 18.8 Å². The zero-order valence-corrected chi connectivity index (χ0v) is 11.0. The van der Waals surface area contributed by atoms with Crippen LogP contribution in [0.1, 0.15) is 6.92 Å². The SMILES string of the molecule is CCNS(=O)(=O)CCNC(=O)NC(=O)/C=C/C(=O)O. The number of hydrogen-bond donors (Lipinski definition) is 4. The molecule has 0 atom stereocenters. The van der Waals surface area contributed by atoms with Crippen molar-refractivity contribution in [3.8, 4) is 0 Å². The molecule has 0 aliphatic carbocycles. The first-order valence-corrected chi connectivity index (χ1v) is 6.89. The molecule has 0 fully saturated rings. The molecule has 0 aromatic carbocycles. The molecule has 108 valence electrons. The van der Waals surface area contributed by atoms with E-state index in [1.54, 1.807) is 12.2 Å². The van der Waals surface area contributed by atoms with E-state index < -0.39 is 27.9 Å². The Morgan fingerprint density at radius 1 is 1.21 bits per heavy atom. The van der Waals surface area contributed by atoms with Crippen molar-refractivity contribution in [3.63, 3.8) is 0 Å². The number of hydrogen-bond acceptors (Lipinski definition) is 5. The Bertz CT molecular complexity index is 470. The molecule has 0 aromatic rings. The summed E-state index contributed by atoms with van der Waals surface area (Å²) < 4.78 is 24.6. The van der Waals surface area contributed by atoms with Gasteiger partial charge in [0.2, 0.25) is 10.0 Å². The molecular weight excluding hydrogens is 278 g/mol. The number of sulfonamides is 1. The number of imide groups is 1. The second-order valence-corrected chi connectivity index (χ2v) is 5.16. The lowest BCUT2D eigenvalue weighted by Gasteiger charge is -2.06. The zero-order chi connectivity index (χ0) is 14.9. The molecule has 0 saturated heterocycles. The Hall–Kier alpha value is -1.94. The number of nitrogens with one attached hydrogen (secondary N) is 3. The van der Waals surface area contributed by atoms with Crippen molar-refractivity contribution in [1.29, 1.82) is 0 Å². The van der Waals surface area contributed by atoms with Crippen molar-refractivity contribution in [3.05, 3.63) is 12.2 Å². The summed E-state index contributed by atoms with van der Waals surface area (Å²) in [6.07, 6.45) is 1.23. The molecule has 19 heavy (non-hydrogen) atoms. The Morgan fingerprint density at radius 3 is 2.37 bits per heavy atom. The van der Waals surface area contributed by atoms with Crippen molar-refractivity contribution >= 4 is 27.9 Å². The van der Waals surface area contributed by atoms with Gasteiger partial charge in [-0.3, -0.25) is 10.1 Å². The summed E-state index contributed by atoms with van der Waals surface area (Å²) in [6.45, 7) is 1.68. The molecule has 9 nitrogen and oxygen atoms in total. The van der Waals surface area contributed by atoms with E-state index in [4.69, 9.17) is 5.11 Å². The third-order valence-corrected chi connectivity index (χ3v) is 3.10. The number of carbonyl (C=O) groups excluding carboxylic acids is 2. The van der Waals surface area contributed by atoms with Crippen molar-refractivity contribution in [1.82, 2.24) is 15.4 Å². The van der Waals surface area contributed by atoms with Crippen LogP contribution in [-0.2, 0) is 19.6 Å². The monoisotopic (exact) mass is 293 g/mol. The van der Waals surface area contributed by atoms with Gasteiger partial charge in [-0.15, -0.1) is 0 Å². The minimum absolute atomic E-state index is 0.183. The van der Waals surface area contributed by atoms with Crippen molar-refractivity contribution in [2.24, 2.45) is 0 Å². The largest absolute Gasteiger partial charge is 0.478 e. The topological polar surface area (TPSA) is 142 Å². The zero-order valence-electron chi connectivity index (χ0n) is 10.2. The van der Waals surface area contributed by atoms with Crippen LogP contribution in [0.5, 0.6) is 0 Å². The summed E-state index contributed by atoms with van der Waals surface area (Å²) in [7, 11) is -3.45. The average Bonchev–Trinajstić information content (AvgIpc) is 2.25. The minimum atomic E-state index is -3.45. The molecule has 0 rings (SSSR count). The molecule has 0 radical (unpaired) electrons. The van der Waals surface area contributed by atoms with E-state index in [9.17, 15) is 22.8 Å². The van der Waals surface area contributed by atoms with Crippen LogP contribution < -0.4 is 15.4 Å². The summed E-state index contributed by atoms with van der Waals surface area (Å²) in [5.74, 6) is -2.57. The fraction of sp³-hybridized carbons (Fsp3) is 0.444. The molecule has 0 saturated carbocycles. The number of carbonyl (C=O) groups is 3. The molecule has 0 aliphatic rings. The van der Waals surface area contributed by atoms with Gasteiger partial charge in [-0.25, -0.2) is 22.7 Å². The van der Waals surface area contributed by atoms with Crippen molar-refractivity contribution in [2.45, 2.75) is 6.92 Å². The molecule has 4 N–H and O–H groups in total. The van der Waals surface area contributed by atoms with E-state index in [0.717, 1.165) is 0 Å². The molecule has 0 spiro atoms. The lowest BCUT2D eigenvalue weighted by Crippen LogP contribution is -2.41. The molecule has 0 aromatic heterocycles. The maximum absolute atomic E-state index is 11.2. The third-order valence-electron chi connectivity index (χ3n) is 1.63. The van der Waals surface area contributed by atoms with Crippen molar-refractivity contribution < 1.29 is 27.9 Å². The Morgan fingerprint density at radius 2 is 1.84 bits per heavy atom. The van der Waals surface area contributed by atoms with Gasteiger partial charge in [0.1, 0.15) is 0 Å². The number of rotatable bonds is 7. The number of carboxylic acids is 1. The van der Waals surface area contributed by atoms with E-state index in [1.165, 1.54) is 0 Å². The summed E-state index contributed by atoms with van der Waals surface area (Å²) in [5, 5.41) is 12.2. The van der Waals surface area contributed by atoms with Gasteiger partial charge in [0.05, 0.1) is 5.75 Å². The highest BCUT2D eigenvalue weighted by molar-refractivity contribution is 7.89. The molecule has 0 aliphatic heterocycles. The van der Waals surface area contributed by atoms with E-state index in [2.05, 4.69) is 10.0 Å². The standard InChI is InChI=1S/C9H15N3O6S/c1-2-11-19(17,18)6-5-10-9(16)12-7(13)3-4-8(14)15/h3-4,11H,2,5-6H2,1H3,(H,14,15)(H2,10,12,13,16)/b4-3+. The van der Waals surface area contributed by atoms with Gasteiger partial charge in [-0.1, -0.05) is 6.92 Å². The average molecular weight is 293 g/mol. The lowest BCUT2D eigenvalue weighted by molar-refractivity contribution is -0.131. The van der Waals surface area contributed by atoms with E-state index >= 15 is 0 Å². The summed E-state index contributed by atoms with van der Waals surface area (Å²) in [5.41, 5.74) is 0. The van der Waals surface area contributed by atoms with Crippen LogP contribution in [0, 0.1) is 0 Å². The van der Waals surface area contributed by atoms with Gasteiger partial charge in [0, 0.05) is 25.2 Å².